The minimum atomic E-state index is -5.08. The van der Waals surface area contributed by atoms with Crippen LogP contribution in [-0.4, -0.2) is 35.3 Å². The summed E-state index contributed by atoms with van der Waals surface area (Å²) in [5.74, 6) is -0.922. The lowest BCUT2D eigenvalue weighted by Crippen LogP contribution is -2.16. The van der Waals surface area contributed by atoms with Gasteiger partial charge in [-0.05, 0) is 0 Å². The fourth-order valence-electron chi connectivity index (χ4n) is 0.974. The van der Waals surface area contributed by atoms with Crippen LogP contribution in [0.1, 0.15) is 11.4 Å². The average molecular weight is 286 g/mol. The molecule has 0 N–H and O–H groups in total. The third kappa shape index (κ3) is 4.07. The highest BCUT2D eigenvalue weighted by Gasteiger charge is 2.41. The highest BCUT2D eigenvalue weighted by molar-refractivity contribution is 5.60. The van der Waals surface area contributed by atoms with Crippen molar-refractivity contribution >= 4 is 12.2 Å². The lowest BCUT2D eigenvalue weighted by molar-refractivity contribution is -0.150. The number of hydrogen-bond donors (Lipinski definition) is 0. The van der Waals surface area contributed by atoms with Gasteiger partial charge in [0.1, 0.15) is 0 Å². The summed E-state index contributed by atoms with van der Waals surface area (Å²) in [6.45, 7) is 0. The van der Waals surface area contributed by atoms with E-state index in [1.165, 1.54) is 19.0 Å². The molecular formula is C9H8F6N4. The van der Waals surface area contributed by atoms with Crippen molar-refractivity contribution in [2.24, 2.45) is 4.99 Å². The Balaban J connectivity index is 3.34. The third-order valence-electron chi connectivity index (χ3n) is 1.72. The maximum absolute atomic E-state index is 12.6. The molecule has 0 aliphatic carbocycles. The predicted octanol–water partition coefficient (Wildman–Crippen LogP) is 2.74. The molecule has 0 unspecified atom stereocenters. The highest BCUT2D eigenvalue weighted by atomic mass is 19.4. The molecule has 1 heterocycles. The second kappa shape index (κ2) is 5.02. The van der Waals surface area contributed by atoms with Gasteiger partial charge in [0.05, 0.1) is 12.5 Å². The van der Waals surface area contributed by atoms with E-state index in [1.54, 1.807) is 0 Å². The summed E-state index contributed by atoms with van der Waals surface area (Å²) in [6.07, 6.45) is -8.89. The Hall–Kier alpha value is -1.87. The van der Waals surface area contributed by atoms with Crippen LogP contribution in [0.5, 0.6) is 0 Å². The van der Waals surface area contributed by atoms with Crippen molar-refractivity contribution in [3.63, 3.8) is 0 Å². The molecule has 0 aliphatic rings. The van der Waals surface area contributed by atoms with Crippen LogP contribution < -0.4 is 0 Å². The molecule has 1 aromatic heterocycles. The minimum Gasteiger partial charge on any atom is -0.369 e. The molecule has 19 heavy (non-hydrogen) atoms. The van der Waals surface area contributed by atoms with E-state index < -0.39 is 29.6 Å². The Morgan fingerprint density at radius 3 is 2.11 bits per heavy atom. The number of halogens is 6. The molecule has 0 radical (unpaired) electrons. The van der Waals surface area contributed by atoms with Crippen molar-refractivity contribution < 1.29 is 26.3 Å². The van der Waals surface area contributed by atoms with Gasteiger partial charge in [0.15, 0.2) is 17.2 Å². The second-order valence-corrected chi connectivity index (χ2v) is 3.63. The van der Waals surface area contributed by atoms with E-state index in [2.05, 4.69) is 15.0 Å². The van der Waals surface area contributed by atoms with Crippen molar-refractivity contribution in [1.29, 1.82) is 0 Å². The number of aromatic nitrogens is 2. The number of aliphatic imine (C=N–C) groups is 1. The molecule has 0 aliphatic heterocycles. The summed E-state index contributed by atoms with van der Waals surface area (Å²) in [5, 5.41) is 0. The molecule has 106 valence electrons. The van der Waals surface area contributed by atoms with E-state index in [9.17, 15) is 26.3 Å². The molecule has 0 spiro atoms. The zero-order valence-corrected chi connectivity index (χ0v) is 9.71. The largest absolute Gasteiger partial charge is 0.437 e. The van der Waals surface area contributed by atoms with Crippen LogP contribution in [0.3, 0.4) is 0 Å². The average Bonchev–Trinajstić information content (AvgIpc) is 2.23. The fraction of sp³-hybridized carbons (Fsp3) is 0.444. The van der Waals surface area contributed by atoms with Crippen molar-refractivity contribution in [3.05, 3.63) is 17.6 Å². The monoisotopic (exact) mass is 286 g/mol. The van der Waals surface area contributed by atoms with E-state index in [4.69, 9.17) is 0 Å². The van der Waals surface area contributed by atoms with Gasteiger partial charge in [-0.2, -0.15) is 26.3 Å². The highest BCUT2D eigenvalue weighted by Crippen LogP contribution is 2.36. The topological polar surface area (TPSA) is 41.4 Å². The van der Waals surface area contributed by atoms with Gasteiger partial charge in [0, 0.05) is 14.1 Å². The second-order valence-electron chi connectivity index (χ2n) is 3.63. The molecule has 4 nitrogen and oxygen atoms in total. The van der Waals surface area contributed by atoms with E-state index in [1.807, 2.05) is 0 Å². The number of alkyl halides is 6. The molecule has 0 saturated carbocycles. The van der Waals surface area contributed by atoms with Crippen LogP contribution >= 0.6 is 0 Å². The first-order valence-electron chi connectivity index (χ1n) is 4.74. The van der Waals surface area contributed by atoms with Gasteiger partial charge in [-0.15, -0.1) is 0 Å². The normalized spacial score (nSPS) is 13.1. The maximum Gasteiger partial charge on any atom is 0.437 e. The van der Waals surface area contributed by atoms with Crippen LogP contribution in [0, 0.1) is 0 Å². The molecular weight excluding hydrogens is 278 g/mol. The maximum atomic E-state index is 12.6. The van der Waals surface area contributed by atoms with Crippen molar-refractivity contribution in [2.75, 3.05) is 14.1 Å². The Morgan fingerprint density at radius 1 is 1.11 bits per heavy atom. The van der Waals surface area contributed by atoms with Crippen LogP contribution in [-0.2, 0) is 12.4 Å². The molecule has 1 aromatic rings. The lowest BCUT2D eigenvalue weighted by atomic mass is 10.3. The Morgan fingerprint density at radius 2 is 1.68 bits per heavy atom. The molecule has 0 bridgehead atoms. The van der Waals surface area contributed by atoms with Gasteiger partial charge in [-0.1, -0.05) is 0 Å². The quantitative estimate of drug-likeness (QED) is 0.477. The predicted molar refractivity (Wildman–Crippen MR) is 53.9 cm³/mol. The van der Waals surface area contributed by atoms with Gasteiger partial charge in [0.2, 0.25) is 0 Å². The molecule has 10 heteroatoms. The first-order chi connectivity index (χ1) is 8.51. The minimum absolute atomic E-state index is 0.206. The number of hydrogen-bond acceptors (Lipinski definition) is 3. The van der Waals surface area contributed by atoms with Crippen LogP contribution in [0.15, 0.2) is 11.2 Å². The van der Waals surface area contributed by atoms with E-state index in [-0.39, 0.29) is 6.20 Å². The molecule has 0 aromatic carbocycles. The SMILES string of the molecule is CN(C)C=Nc1ncc(C(F)(F)F)nc1C(F)(F)F. The van der Waals surface area contributed by atoms with E-state index in [0.717, 1.165) is 6.34 Å². The fourth-order valence-corrected chi connectivity index (χ4v) is 0.974. The van der Waals surface area contributed by atoms with E-state index >= 15 is 0 Å². The molecule has 0 amide bonds. The van der Waals surface area contributed by atoms with Crippen molar-refractivity contribution in [1.82, 2.24) is 14.9 Å². The summed E-state index contributed by atoms with van der Waals surface area (Å²) < 4.78 is 74.6. The van der Waals surface area contributed by atoms with Gasteiger partial charge in [-0.3, -0.25) is 0 Å². The van der Waals surface area contributed by atoms with Gasteiger partial charge in [0.25, 0.3) is 0 Å². The summed E-state index contributed by atoms with van der Waals surface area (Å²) >= 11 is 0. The zero-order valence-electron chi connectivity index (χ0n) is 9.71. The molecule has 1 rings (SSSR count). The van der Waals surface area contributed by atoms with Crippen molar-refractivity contribution in [2.45, 2.75) is 12.4 Å². The van der Waals surface area contributed by atoms with Crippen LogP contribution in [0.4, 0.5) is 32.2 Å². The Labute approximate surface area is 103 Å². The lowest BCUT2D eigenvalue weighted by Gasteiger charge is -2.12. The van der Waals surface area contributed by atoms with Crippen LogP contribution in [0.2, 0.25) is 0 Å². The van der Waals surface area contributed by atoms with Crippen molar-refractivity contribution in [3.8, 4) is 0 Å². The van der Waals surface area contributed by atoms with Gasteiger partial charge >= 0.3 is 12.4 Å². The zero-order chi connectivity index (χ0) is 14.8. The first kappa shape index (κ1) is 15.2. The third-order valence-corrected chi connectivity index (χ3v) is 1.72. The molecule has 0 saturated heterocycles. The summed E-state index contributed by atoms with van der Waals surface area (Å²) in [4.78, 5) is 10.2. The summed E-state index contributed by atoms with van der Waals surface area (Å²) in [6, 6.07) is 0. The smallest absolute Gasteiger partial charge is 0.369 e. The summed E-state index contributed by atoms with van der Waals surface area (Å²) in [5.41, 5.74) is -3.50. The Bertz CT molecular complexity index is 477. The standard InChI is InChI=1S/C9H8F6N4/c1-19(2)4-17-7-6(9(13,14)15)18-5(3-16-7)8(10,11)12/h3-4H,1-2H3. The molecule has 0 fully saturated rings. The first-order valence-corrected chi connectivity index (χ1v) is 4.74. The number of nitrogens with zero attached hydrogens (tertiary/aromatic N) is 4. The summed E-state index contributed by atoms with van der Waals surface area (Å²) in [7, 11) is 2.96. The Kier molecular flexibility index (Phi) is 4.01. The number of rotatable bonds is 2. The van der Waals surface area contributed by atoms with Gasteiger partial charge in [-0.25, -0.2) is 15.0 Å². The molecule has 0 atom stereocenters. The van der Waals surface area contributed by atoms with E-state index in [0.29, 0.717) is 0 Å². The van der Waals surface area contributed by atoms with Gasteiger partial charge < -0.3 is 4.90 Å². The van der Waals surface area contributed by atoms with Crippen LogP contribution in [0.25, 0.3) is 0 Å².